The summed E-state index contributed by atoms with van der Waals surface area (Å²) in [6, 6.07) is 8.62. The van der Waals surface area contributed by atoms with Crippen molar-refractivity contribution in [3.8, 4) is 0 Å². The van der Waals surface area contributed by atoms with Gasteiger partial charge in [-0.2, -0.15) is 0 Å². The second-order valence-electron chi connectivity index (χ2n) is 4.36. The van der Waals surface area contributed by atoms with Gasteiger partial charge in [-0.3, -0.25) is 0 Å². The lowest BCUT2D eigenvalue weighted by Gasteiger charge is -2.04. The van der Waals surface area contributed by atoms with E-state index in [0.29, 0.717) is 0 Å². The van der Waals surface area contributed by atoms with Crippen LogP contribution in [0.4, 0.5) is 0 Å². The molecule has 4 heteroatoms. The van der Waals surface area contributed by atoms with E-state index in [1.54, 1.807) is 6.33 Å². The predicted molar refractivity (Wildman–Crippen MR) is 66.8 cm³/mol. The highest BCUT2D eigenvalue weighted by Crippen LogP contribution is 2.18. The van der Waals surface area contributed by atoms with Crippen LogP contribution in [-0.4, -0.2) is 19.3 Å². The monoisotopic (exact) mass is 226 g/mol. The highest BCUT2D eigenvalue weighted by molar-refractivity contribution is 5.80. The summed E-state index contributed by atoms with van der Waals surface area (Å²) in [5.41, 5.74) is 2.52. The van der Waals surface area contributed by atoms with E-state index in [2.05, 4.69) is 52.2 Å². The van der Waals surface area contributed by atoms with Gasteiger partial charge in [0.1, 0.15) is 6.33 Å². The van der Waals surface area contributed by atoms with E-state index in [1.165, 1.54) is 16.5 Å². The lowest BCUT2D eigenvalue weighted by atomic mass is 10.2. The maximum absolute atomic E-state index is 4.11. The fraction of sp³-hybridized carbons (Fsp3) is 0.231. The summed E-state index contributed by atoms with van der Waals surface area (Å²) in [5.74, 6) is 0.961. The molecule has 0 atom stereocenters. The number of fused-ring (bicyclic) bond motifs is 1. The minimum atomic E-state index is 0.753. The molecule has 2 heterocycles. The van der Waals surface area contributed by atoms with Gasteiger partial charge >= 0.3 is 0 Å². The van der Waals surface area contributed by atoms with E-state index in [-0.39, 0.29) is 0 Å². The molecule has 1 aromatic carbocycles. The number of rotatable bonds is 2. The SMILES string of the molecule is Cc1ccc2c(ccn2Cc2nncn2C)c1. The van der Waals surface area contributed by atoms with E-state index in [0.717, 1.165) is 12.4 Å². The van der Waals surface area contributed by atoms with Crippen LogP contribution >= 0.6 is 0 Å². The number of hydrogen-bond donors (Lipinski definition) is 0. The first kappa shape index (κ1) is 10.1. The van der Waals surface area contributed by atoms with E-state index < -0.39 is 0 Å². The lowest BCUT2D eigenvalue weighted by molar-refractivity contribution is 0.716. The Morgan fingerprint density at radius 1 is 1.24 bits per heavy atom. The molecule has 0 saturated carbocycles. The summed E-state index contributed by atoms with van der Waals surface area (Å²) in [4.78, 5) is 0. The molecule has 0 radical (unpaired) electrons. The number of aromatic nitrogens is 4. The average molecular weight is 226 g/mol. The topological polar surface area (TPSA) is 35.6 Å². The Balaban J connectivity index is 2.04. The molecule has 0 saturated heterocycles. The predicted octanol–water partition coefficient (Wildman–Crippen LogP) is 2.13. The van der Waals surface area contributed by atoms with Gasteiger partial charge < -0.3 is 9.13 Å². The molecule has 3 rings (SSSR count). The third-order valence-electron chi connectivity index (χ3n) is 3.04. The van der Waals surface area contributed by atoms with Crippen molar-refractivity contribution in [1.29, 1.82) is 0 Å². The van der Waals surface area contributed by atoms with Crippen molar-refractivity contribution in [2.45, 2.75) is 13.5 Å². The first-order chi connectivity index (χ1) is 8.24. The van der Waals surface area contributed by atoms with Crippen LogP contribution in [0.15, 0.2) is 36.8 Å². The Hall–Kier alpha value is -2.10. The van der Waals surface area contributed by atoms with Crippen LogP contribution in [0.25, 0.3) is 10.9 Å². The third-order valence-corrected chi connectivity index (χ3v) is 3.04. The van der Waals surface area contributed by atoms with E-state index in [1.807, 2.05) is 11.6 Å². The normalized spacial score (nSPS) is 11.2. The fourth-order valence-electron chi connectivity index (χ4n) is 2.06. The maximum atomic E-state index is 4.11. The molecule has 0 N–H and O–H groups in total. The first-order valence-electron chi connectivity index (χ1n) is 5.62. The molecule has 0 bridgehead atoms. The second-order valence-corrected chi connectivity index (χ2v) is 4.36. The fourth-order valence-corrected chi connectivity index (χ4v) is 2.06. The summed E-state index contributed by atoms with van der Waals surface area (Å²) in [6.45, 7) is 2.86. The standard InChI is InChI=1S/C13H14N4/c1-10-3-4-12-11(7-10)5-6-17(12)8-13-15-14-9-16(13)2/h3-7,9H,8H2,1-2H3. The van der Waals surface area contributed by atoms with Crippen LogP contribution in [0.2, 0.25) is 0 Å². The van der Waals surface area contributed by atoms with E-state index in [9.17, 15) is 0 Å². The van der Waals surface area contributed by atoms with Crippen molar-refractivity contribution < 1.29 is 0 Å². The minimum Gasteiger partial charge on any atom is -0.340 e. The molecule has 0 fully saturated rings. The summed E-state index contributed by atoms with van der Waals surface area (Å²) in [5, 5.41) is 9.27. The maximum Gasteiger partial charge on any atom is 0.152 e. The van der Waals surface area contributed by atoms with Crippen LogP contribution < -0.4 is 0 Å². The Morgan fingerprint density at radius 2 is 2.12 bits per heavy atom. The van der Waals surface area contributed by atoms with Gasteiger partial charge in [0.2, 0.25) is 0 Å². The van der Waals surface area contributed by atoms with Crippen LogP contribution in [0.3, 0.4) is 0 Å². The quantitative estimate of drug-likeness (QED) is 0.671. The van der Waals surface area contributed by atoms with Gasteiger partial charge in [-0.15, -0.1) is 10.2 Å². The van der Waals surface area contributed by atoms with Crippen molar-refractivity contribution >= 4 is 10.9 Å². The summed E-state index contributed by atoms with van der Waals surface area (Å²) in [7, 11) is 1.96. The zero-order chi connectivity index (χ0) is 11.8. The van der Waals surface area contributed by atoms with Crippen molar-refractivity contribution in [1.82, 2.24) is 19.3 Å². The van der Waals surface area contributed by atoms with Gasteiger partial charge in [0.15, 0.2) is 5.82 Å². The van der Waals surface area contributed by atoms with Crippen molar-refractivity contribution in [2.75, 3.05) is 0 Å². The summed E-state index contributed by atoms with van der Waals surface area (Å²) in [6.07, 6.45) is 3.82. The zero-order valence-electron chi connectivity index (χ0n) is 9.96. The Morgan fingerprint density at radius 3 is 2.88 bits per heavy atom. The Kier molecular flexibility index (Phi) is 2.21. The molecule has 3 aromatic rings. The molecular weight excluding hydrogens is 212 g/mol. The van der Waals surface area contributed by atoms with Crippen LogP contribution in [0.5, 0.6) is 0 Å². The highest BCUT2D eigenvalue weighted by atomic mass is 15.3. The van der Waals surface area contributed by atoms with Crippen molar-refractivity contribution in [2.24, 2.45) is 7.05 Å². The average Bonchev–Trinajstić information content (AvgIpc) is 2.87. The van der Waals surface area contributed by atoms with E-state index >= 15 is 0 Å². The Bertz CT molecular complexity index is 663. The molecule has 0 aliphatic heterocycles. The molecule has 0 aliphatic rings. The molecule has 0 spiro atoms. The molecule has 0 aliphatic carbocycles. The molecule has 4 nitrogen and oxygen atoms in total. The van der Waals surface area contributed by atoms with Crippen molar-refractivity contribution in [3.63, 3.8) is 0 Å². The summed E-state index contributed by atoms with van der Waals surface area (Å²) < 4.78 is 4.14. The van der Waals surface area contributed by atoms with Gasteiger partial charge in [-0.25, -0.2) is 0 Å². The van der Waals surface area contributed by atoms with Crippen LogP contribution in [0.1, 0.15) is 11.4 Å². The second kappa shape index (κ2) is 3.73. The largest absolute Gasteiger partial charge is 0.340 e. The number of aryl methyl sites for hydroxylation is 2. The van der Waals surface area contributed by atoms with Crippen molar-refractivity contribution in [3.05, 3.63) is 48.2 Å². The molecule has 0 unspecified atom stereocenters. The minimum absolute atomic E-state index is 0.753. The smallest absolute Gasteiger partial charge is 0.152 e. The van der Waals surface area contributed by atoms with Gasteiger partial charge in [0.05, 0.1) is 6.54 Å². The summed E-state index contributed by atoms with van der Waals surface area (Å²) >= 11 is 0. The van der Waals surface area contributed by atoms with Crippen LogP contribution in [-0.2, 0) is 13.6 Å². The highest BCUT2D eigenvalue weighted by Gasteiger charge is 2.05. The Labute approximate surface area is 99.5 Å². The van der Waals surface area contributed by atoms with E-state index in [4.69, 9.17) is 0 Å². The van der Waals surface area contributed by atoms with Gasteiger partial charge in [0.25, 0.3) is 0 Å². The number of hydrogen-bond acceptors (Lipinski definition) is 2. The zero-order valence-corrected chi connectivity index (χ0v) is 9.96. The molecule has 17 heavy (non-hydrogen) atoms. The first-order valence-corrected chi connectivity index (χ1v) is 5.62. The third kappa shape index (κ3) is 1.71. The number of benzene rings is 1. The lowest BCUT2D eigenvalue weighted by Crippen LogP contribution is -2.04. The van der Waals surface area contributed by atoms with Gasteiger partial charge in [0, 0.05) is 18.8 Å². The number of nitrogens with zero attached hydrogens (tertiary/aromatic N) is 4. The molecule has 2 aromatic heterocycles. The molecular formula is C13H14N4. The van der Waals surface area contributed by atoms with Gasteiger partial charge in [-0.05, 0) is 30.5 Å². The van der Waals surface area contributed by atoms with Crippen LogP contribution in [0, 0.1) is 6.92 Å². The molecule has 0 amide bonds. The molecule has 86 valence electrons. The van der Waals surface area contributed by atoms with Gasteiger partial charge in [-0.1, -0.05) is 11.6 Å².